The van der Waals surface area contributed by atoms with Crippen molar-refractivity contribution < 1.29 is 31.8 Å². The molecule has 1 heterocycles. The Bertz CT molecular complexity index is 1040. The smallest absolute Gasteiger partial charge is 0.183 e. The predicted molar refractivity (Wildman–Crippen MR) is 108 cm³/mol. The normalized spacial score (nSPS) is 16.0. The number of halogens is 1. The quantitative estimate of drug-likeness (QED) is 0.422. The fraction of sp³-hybridized carbons (Fsp3) is 0.400. The molecule has 0 saturated heterocycles. The number of rotatable bonds is 8. The molecule has 1 atom stereocenters. The van der Waals surface area contributed by atoms with Crippen molar-refractivity contribution in [1.29, 1.82) is 0 Å². The zero-order chi connectivity index (χ0) is 21.2. The van der Waals surface area contributed by atoms with Crippen molar-refractivity contribution in [3.63, 3.8) is 0 Å². The van der Waals surface area contributed by atoms with E-state index in [4.69, 9.17) is 9.47 Å². The van der Waals surface area contributed by atoms with Gasteiger partial charge in [0.25, 0.3) is 0 Å². The first-order chi connectivity index (χ1) is 13.7. The molecule has 0 amide bonds. The molecule has 1 aliphatic rings. The fourth-order valence-corrected chi connectivity index (χ4v) is 4.63. The van der Waals surface area contributed by atoms with Gasteiger partial charge in [0.05, 0.1) is 28.8 Å². The Morgan fingerprint density at radius 3 is 2.55 bits per heavy atom. The Labute approximate surface area is 178 Å². The standard InChI is InChI=1S/C20H22BrNO6S/c1-27-18-10-14-9-15(20(23)16(14)11-19(18)28-2)8-13-4-6-22(12-17(13)21)5-3-7-29(24,25)26/h4,6,10-12,15H,3,5,7-9H2,1-2H3. The van der Waals surface area contributed by atoms with Crippen molar-refractivity contribution in [2.75, 3.05) is 20.0 Å². The lowest BCUT2D eigenvalue weighted by Gasteiger charge is -2.09. The lowest BCUT2D eigenvalue weighted by atomic mass is 9.96. The van der Waals surface area contributed by atoms with Gasteiger partial charge < -0.3 is 14.0 Å². The number of pyridine rings is 1. The number of aryl methyl sites for hydroxylation is 1. The molecule has 2 aromatic rings. The molecule has 0 N–H and O–H groups in total. The SMILES string of the molecule is COc1cc2c(cc1OC)C(=O)C(Cc1cc[n+](CCCS(=O)(=O)[O-])cc1Br)C2. The number of hydrogen-bond acceptors (Lipinski definition) is 6. The molecule has 0 aliphatic heterocycles. The van der Waals surface area contributed by atoms with E-state index in [2.05, 4.69) is 15.9 Å². The van der Waals surface area contributed by atoms with Crippen LogP contribution in [0, 0.1) is 5.92 Å². The Balaban J connectivity index is 1.71. The van der Waals surface area contributed by atoms with Gasteiger partial charge in [0, 0.05) is 29.7 Å². The summed E-state index contributed by atoms with van der Waals surface area (Å²) in [6, 6.07) is 5.52. The third-order valence-corrected chi connectivity index (χ3v) is 6.54. The van der Waals surface area contributed by atoms with E-state index in [1.165, 1.54) is 0 Å². The maximum absolute atomic E-state index is 12.9. The van der Waals surface area contributed by atoms with Crippen LogP contribution in [0.3, 0.4) is 0 Å². The van der Waals surface area contributed by atoms with E-state index in [-0.39, 0.29) is 23.9 Å². The van der Waals surface area contributed by atoms with Crippen molar-refractivity contribution in [1.82, 2.24) is 0 Å². The Kier molecular flexibility index (Phi) is 6.60. The lowest BCUT2D eigenvalue weighted by molar-refractivity contribution is -0.697. The van der Waals surface area contributed by atoms with Crippen LogP contribution in [-0.4, -0.2) is 38.7 Å². The number of aromatic nitrogens is 1. The van der Waals surface area contributed by atoms with E-state index in [0.29, 0.717) is 36.4 Å². The zero-order valence-corrected chi connectivity index (χ0v) is 18.6. The van der Waals surface area contributed by atoms with Crippen LogP contribution in [0.25, 0.3) is 0 Å². The second-order valence-electron chi connectivity index (χ2n) is 7.00. The molecule has 156 valence electrons. The number of ketones is 1. The molecule has 1 aromatic carbocycles. The minimum absolute atomic E-state index is 0.0882. The number of ether oxygens (including phenoxy) is 2. The van der Waals surface area contributed by atoms with Crippen LogP contribution in [0.2, 0.25) is 0 Å². The molecule has 0 spiro atoms. The summed E-state index contributed by atoms with van der Waals surface area (Å²) in [4.78, 5) is 12.9. The number of hydrogen-bond donors (Lipinski definition) is 0. The van der Waals surface area contributed by atoms with Crippen molar-refractivity contribution in [2.45, 2.75) is 25.8 Å². The number of methoxy groups -OCH3 is 2. The first-order valence-electron chi connectivity index (χ1n) is 9.12. The van der Waals surface area contributed by atoms with Crippen LogP contribution < -0.4 is 14.0 Å². The van der Waals surface area contributed by atoms with E-state index in [0.717, 1.165) is 15.6 Å². The fourth-order valence-electron chi connectivity index (χ4n) is 3.59. The maximum atomic E-state index is 12.9. The monoisotopic (exact) mass is 483 g/mol. The highest BCUT2D eigenvalue weighted by Gasteiger charge is 2.32. The van der Waals surface area contributed by atoms with Gasteiger partial charge >= 0.3 is 0 Å². The number of carbonyl (C=O) groups is 1. The van der Waals surface area contributed by atoms with Crippen LogP contribution in [-0.2, 0) is 29.5 Å². The number of benzene rings is 1. The van der Waals surface area contributed by atoms with Crippen molar-refractivity contribution >= 4 is 31.8 Å². The Hall–Kier alpha value is -1.97. The molecule has 1 unspecified atom stereocenters. The number of fused-ring (bicyclic) bond motifs is 1. The largest absolute Gasteiger partial charge is 0.748 e. The Morgan fingerprint density at radius 2 is 1.93 bits per heavy atom. The van der Waals surface area contributed by atoms with Gasteiger partial charge in [0.1, 0.15) is 6.54 Å². The highest BCUT2D eigenvalue weighted by Crippen LogP contribution is 2.38. The molecule has 0 bridgehead atoms. The van der Waals surface area contributed by atoms with Crippen molar-refractivity contribution in [2.24, 2.45) is 5.92 Å². The molecule has 9 heteroatoms. The molecule has 29 heavy (non-hydrogen) atoms. The minimum Gasteiger partial charge on any atom is -0.748 e. The highest BCUT2D eigenvalue weighted by molar-refractivity contribution is 9.10. The summed E-state index contributed by atoms with van der Waals surface area (Å²) in [7, 11) is -1.08. The molecule has 1 aromatic heterocycles. The topological polar surface area (TPSA) is 96.6 Å². The summed E-state index contributed by atoms with van der Waals surface area (Å²) in [6.45, 7) is 0.424. The minimum atomic E-state index is -4.20. The molecular weight excluding hydrogens is 462 g/mol. The maximum Gasteiger partial charge on any atom is 0.183 e. The summed E-state index contributed by atoms with van der Waals surface area (Å²) in [5.74, 6) is 0.690. The zero-order valence-electron chi connectivity index (χ0n) is 16.2. The Morgan fingerprint density at radius 1 is 1.24 bits per heavy atom. The molecule has 7 nitrogen and oxygen atoms in total. The van der Waals surface area contributed by atoms with E-state index in [9.17, 15) is 17.8 Å². The molecule has 1 aliphatic carbocycles. The summed E-state index contributed by atoms with van der Waals surface area (Å²) >= 11 is 3.53. The molecule has 0 radical (unpaired) electrons. The van der Waals surface area contributed by atoms with Crippen molar-refractivity contribution in [3.05, 3.63) is 51.8 Å². The summed E-state index contributed by atoms with van der Waals surface area (Å²) in [6.07, 6.45) is 5.13. The number of nitrogens with zero attached hydrogens (tertiary/aromatic N) is 1. The van der Waals surface area contributed by atoms with E-state index < -0.39 is 10.1 Å². The lowest BCUT2D eigenvalue weighted by Crippen LogP contribution is -2.34. The average molecular weight is 484 g/mol. The predicted octanol–water partition coefficient (Wildman–Crippen LogP) is 2.29. The van der Waals surface area contributed by atoms with Gasteiger partial charge in [0.15, 0.2) is 29.7 Å². The highest BCUT2D eigenvalue weighted by atomic mass is 79.9. The van der Waals surface area contributed by atoms with Crippen LogP contribution in [0.5, 0.6) is 11.5 Å². The van der Waals surface area contributed by atoms with Gasteiger partial charge in [-0.05, 0) is 52.0 Å². The van der Waals surface area contributed by atoms with Crippen molar-refractivity contribution in [3.8, 4) is 11.5 Å². The summed E-state index contributed by atoms with van der Waals surface area (Å²) < 4.78 is 45.4. The van der Waals surface area contributed by atoms with E-state index in [1.807, 2.05) is 29.1 Å². The summed E-state index contributed by atoms with van der Waals surface area (Å²) in [5.41, 5.74) is 2.62. The second kappa shape index (κ2) is 8.81. The third-order valence-electron chi connectivity index (χ3n) is 5.04. The molecule has 3 rings (SSSR count). The van der Waals surface area contributed by atoms with Crippen LogP contribution in [0.1, 0.15) is 27.9 Å². The van der Waals surface area contributed by atoms with E-state index >= 15 is 0 Å². The van der Waals surface area contributed by atoms with Gasteiger partial charge in [-0.3, -0.25) is 4.79 Å². The van der Waals surface area contributed by atoms with E-state index in [1.54, 1.807) is 20.3 Å². The van der Waals surface area contributed by atoms with Gasteiger partial charge in [0.2, 0.25) is 0 Å². The van der Waals surface area contributed by atoms with Gasteiger partial charge in [-0.2, -0.15) is 0 Å². The number of Topliss-reactive ketones (excluding diaryl/α,β-unsaturated/α-hetero) is 1. The second-order valence-corrected chi connectivity index (χ2v) is 9.38. The van der Waals surface area contributed by atoms with Gasteiger partial charge in [-0.25, -0.2) is 13.0 Å². The van der Waals surface area contributed by atoms with Gasteiger partial charge in [-0.1, -0.05) is 0 Å². The molecule has 0 fully saturated rings. The molecular formula is C20H22BrNO6S. The van der Waals surface area contributed by atoms with Crippen LogP contribution in [0.4, 0.5) is 0 Å². The van der Waals surface area contributed by atoms with Gasteiger partial charge in [-0.15, -0.1) is 0 Å². The van der Waals surface area contributed by atoms with Crippen LogP contribution >= 0.6 is 15.9 Å². The first kappa shape index (κ1) is 21.7. The molecule has 0 saturated carbocycles. The number of carbonyl (C=O) groups excluding carboxylic acids is 1. The average Bonchev–Trinajstić information content (AvgIpc) is 2.96. The van der Waals surface area contributed by atoms with Crippen LogP contribution in [0.15, 0.2) is 35.1 Å². The first-order valence-corrected chi connectivity index (χ1v) is 11.5. The summed E-state index contributed by atoms with van der Waals surface area (Å²) in [5, 5.41) is 0. The third kappa shape index (κ3) is 5.15.